The van der Waals surface area contributed by atoms with Crippen LogP contribution < -0.4 is 14.5 Å². The second-order valence-corrected chi connectivity index (χ2v) is 18.1. The van der Waals surface area contributed by atoms with Crippen molar-refractivity contribution in [1.82, 2.24) is 9.55 Å². The number of nitrogens with zero attached hydrogens (tertiary/aromatic N) is 4. The van der Waals surface area contributed by atoms with E-state index in [1.165, 1.54) is 6.07 Å². The summed E-state index contributed by atoms with van der Waals surface area (Å²) < 4.78 is 93.3. The van der Waals surface area contributed by atoms with E-state index in [1.54, 1.807) is 60.6 Å². The number of benzene rings is 6. The summed E-state index contributed by atoms with van der Waals surface area (Å²) in [6.45, 7) is 17.4. The SMILES string of the molecule is [2H]C(C)(C)c1cc(Oc2[c-]c3c(cc2)c2ccccc2n3-c2cc(C(C)(C)C)ccn2)[c-]c(N2[CH-]N(c3c(-c4c(F)c(F)c(F)c(F)c4F)cccc3C(C)(C)C)c3ccccc32)c1.[Pt]. The quantitative estimate of drug-likeness (QED) is 0.0689. The normalized spacial score (nSPS) is 13.4. The van der Waals surface area contributed by atoms with E-state index in [1.807, 2.05) is 75.5 Å². The van der Waals surface area contributed by atoms with E-state index in [9.17, 15) is 13.2 Å². The summed E-state index contributed by atoms with van der Waals surface area (Å²) in [6.07, 6.45) is 1.82. The molecular weight excluding hydrogens is 999 g/mol. The summed E-state index contributed by atoms with van der Waals surface area (Å²) in [7, 11) is 0. The molecule has 0 amide bonds. The molecule has 5 nitrogen and oxygen atoms in total. The minimum Gasteiger partial charge on any atom is -0.509 e. The summed E-state index contributed by atoms with van der Waals surface area (Å²) >= 11 is 0. The number of aromatic nitrogens is 2. The predicted octanol–water partition coefficient (Wildman–Crippen LogP) is 15.1. The first-order chi connectivity index (χ1) is 30.2. The van der Waals surface area contributed by atoms with Crippen molar-refractivity contribution in [3.63, 3.8) is 0 Å². The smallest absolute Gasteiger partial charge is 0.200 e. The molecule has 0 fully saturated rings. The molecule has 0 bridgehead atoms. The van der Waals surface area contributed by atoms with Crippen LogP contribution in [0.2, 0.25) is 0 Å². The van der Waals surface area contributed by atoms with Gasteiger partial charge >= 0.3 is 0 Å². The predicted molar refractivity (Wildman–Crippen MR) is 241 cm³/mol. The molecule has 330 valence electrons. The van der Waals surface area contributed by atoms with Crippen molar-refractivity contribution in [3.05, 3.63) is 174 Å². The van der Waals surface area contributed by atoms with Gasteiger partial charge in [-0.05, 0) is 63.6 Å². The van der Waals surface area contributed by atoms with E-state index in [-0.39, 0.29) is 37.7 Å². The number of hydrogen-bond donors (Lipinski definition) is 0. The van der Waals surface area contributed by atoms with Crippen molar-refractivity contribution in [3.8, 4) is 28.4 Å². The molecule has 64 heavy (non-hydrogen) atoms. The summed E-state index contributed by atoms with van der Waals surface area (Å²) in [5.74, 6) is -9.85. The third-order valence-corrected chi connectivity index (χ3v) is 11.5. The zero-order chi connectivity index (χ0) is 45.6. The van der Waals surface area contributed by atoms with Crippen molar-refractivity contribution < 1.29 is 49.1 Å². The van der Waals surface area contributed by atoms with E-state index in [2.05, 4.69) is 55.7 Å². The Kier molecular flexibility index (Phi) is 11.2. The van der Waals surface area contributed by atoms with Crippen LogP contribution in [0, 0.1) is 47.9 Å². The molecule has 2 aromatic heterocycles. The molecule has 6 aromatic carbocycles. The molecular formula is C53H44F5N4OPt-3. The zero-order valence-corrected chi connectivity index (χ0v) is 38.6. The third-order valence-electron chi connectivity index (χ3n) is 11.5. The third kappa shape index (κ3) is 7.63. The first-order valence-corrected chi connectivity index (χ1v) is 20.6. The van der Waals surface area contributed by atoms with Gasteiger partial charge in [-0.3, -0.25) is 0 Å². The molecule has 1 aliphatic heterocycles. The fourth-order valence-corrected chi connectivity index (χ4v) is 8.23. The van der Waals surface area contributed by atoms with Gasteiger partial charge in [-0.1, -0.05) is 109 Å². The number of ether oxygens (including phenoxy) is 1. The van der Waals surface area contributed by atoms with Gasteiger partial charge in [-0.25, -0.2) is 26.9 Å². The van der Waals surface area contributed by atoms with Gasteiger partial charge in [-0.15, -0.1) is 53.6 Å². The van der Waals surface area contributed by atoms with Gasteiger partial charge in [-0.2, -0.15) is 6.07 Å². The molecule has 0 radical (unpaired) electrons. The van der Waals surface area contributed by atoms with Gasteiger partial charge in [0.2, 0.25) is 5.82 Å². The minimum atomic E-state index is -2.23. The number of rotatable bonds is 7. The number of pyridine rings is 1. The molecule has 9 rings (SSSR count). The van der Waals surface area contributed by atoms with Crippen LogP contribution in [-0.4, -0.2) is 9.55 Å². The van der Waals surface area contributed by atoms with Crippen LogP contribution >= 0.6 is 0 Å². The summed E-state index contributed by atoms with van der Waals surface area (Å²) in [5, 5.41) is 1.99. The van der Waals surface area contributed by atoms with Crippen molar-refractivity contribution >= 4 is 44.6 Å². The van der Waals surface area contributed by atoms with Crippen LogP contribution in [0.1, 0.15) is 79.3 Å². The van der Waals surface area contributed by atoms with Crippen LogP contribution in [0.5, 0.6) is 11.5 Å². The Balaban J connectivity index is 0.00000576. The number of anilines is 4. The fraction of sp³-hybridized carbons (Fsp3) is 0.208. The van der Waals surface area contributed by atoms with Crippen molar-refractivity contribution in [2.24, 2.45) is 0 Å². The molecule has 11 heteroatoms. The zero-order valence-electron chi connectivity index (χ0n) is 37.4. The van der Waals surface area contributed by atoms with E-state index in [0.717, 1.165) is 33.2 Å². The van der Waals surface area contributed by atoms with Crippen LogP contribution in [0.4, 0.5) is 44.7 Å². The topological polar surface area (TPSA) is 33.5 Å². The van der Waals surface area contributed by atoms with Gasteiger partial charge < -0.3 is 19.1 Å². The van der Waals surface area contributed by atoms with E-state index in [4.69, 9.17) is 11.1 Å². The standard InChI is InChI=1S/C53H44F5N4O.Pt/c1-30(2)31-24-33(27-35(25-31)63-34-20-21-37-36-14-9-10-17-40(36)62(43(37)28-34)44-26-32(22-23-59-44)52(3,4)5)60-29-61(42-19-12-11-18-41(42)60)51-38(15-13-16-39(51)53(6,7)8)45-46(54)48(56)50(58)49(57)47(45)55;/h9-26,29-30H,1-8H3;/q-3;/i30D;. The maximum atomic E-state index is 15.7. The second-order valence-electron chi connectivity index (χ2n) is 18.1. The van der Waals surface area contributed by atoms with Gasteiger partial charge in [0.15, 0.2) is 23.3 Å². The van der Waals surface area contributed by atoms with Gasteiger partial charge in [0.25, 0.3) is 0 Å². The van der Waals surface area contributed by atoms with Gasteiger partial charge in [0, 0.05) is 68.3 Å². The van der Waals surface area contributed by atoms with Gasteiger partial charge in [0.1, 0.15) is 5.82 Å². The molecule has 0 saturated carbocycles. The Bertz CT molecular complexity index is 3140. The number of para-hydroxylation sites is 4. The van der Waals surface area contributed by atoms with Gasteiger partial charge in [0.05, 0.1) is 5.56 Å². The summed E-state index contributed by atoms with van der Waals surface area (Å²) in [5.41, 5.74) is 3.90. The van der Waals surface area contributed by atoms with Crippen molar-refractivity contribution in [1.29, 1.82) is 0 Å². The largest absolute Gasteiger partial charge is 0.509 e. The van der Waals surface area contributed by atoms with Crippen molar-refractivity contribution in [2.45, 2.75) is 72.1 Å². The molecule has 0 aliphatic carbocycles. The minimum absolute atomic E-state index is 0. The summed E-state index contributed by atoms with van der Waals surface area (Å²) in [6, 6.07) is 38.5. The Morgan fingerprint density at radius 2 is 1.33 bits per heavy atom. The second kappa shape index (κ2) is 16.5. The van der Waals surface area contributed by atoms with E-state index >= 15 is 8.78 Å². The maximum absolute atomic E-state index is 15.7. The van der Waals surface area contributed by atoms with Crippen LogP contribution in [0.3, 0.4) is 0 Å². The molecule has 0 unspecified atom stereocenters. The molecule has 8 aromatic rings. The number of fused-ring (bicyclic) bond motifs is 4. The Labute approximate surface area is 385 Å². The Hall–Kier alpha value is -5.99. The molecule has 1 aliphatic rings. The van der Waals surface area contributed by atoms with Crippen LogP contribution in [-0.2, 0) is 31.9 Å². The monoisotopic (exact) mass is 1040 g/mol. The fourth-order valence-electron chi connectivity index (χ4n) is 8.23. The Morgan fingerprint density at radius 3 is 2.00 bits per heavy atom. The first kappa shape index (κ1) is 43.3. The maximum Gasteiger partial charge on any atom is 0.200 e. The first-order valence-electron chi connectivity index (χ1n) is 21.1. The summed E-state index contributed by atoms with van der Waals surface area (Å²) in [4.78, 5) is 8.28. The van der Waals surface area contributed by atoms with E-state index < -0.39 is 46.0 Å². The van der Waals surface area contributed by atoms with Crippen LogP contribution in [0.15, 0.2) is 109 Å². The average molecular weight is 1040 g/mol. The van der Waals surface area contributed by atoms with Crippen LogP contribution in [0.25, 0.3) is 38.8 Å². The van der Waals surface area contributed by atoms with E-state index in [0.29, 0.717) is 39.7 Å². The molecule has 0 atom stereocenters. The Morgan fingerprint density at radius 1 is 0.672 bits per heavy atom. The molecule has 3 heterocycles. The molecule has 0 spiro atoms. The number of halogens is 5. The average Bonchev–Trinajstić information content (AvgIpc) is 3.80. The molecule has 0 N–H and O–H groups in total. The van der Waals surface area contributed by atoms with Crippen molar-refractivity contribution in [2.75, 3.05) is 9.80 Å². The molecule has 0 saturated heterocycles. The number of hydrogen-bond acceptors (Lipinski definition) is 4.